The summed E-state index contributed by atoms with van der Waals surface area (Å²) < 4.78 is 43.6. The minimum absolute atomic E-state index is 0.268. The van der Waals surface area contributed by atoms with Gasteiger partial charge in [-0.05, 0) is 35.4 Å². The topological polar surface area (TPSA) is 38.3 Å². The third kappa shape index (κ3) is 4.34. The third-order valence-corrected chi connectivity index (χ3v) is 4.33. The molecule has 0 aliphatic heterocycles. The summed E-state index contributed by atoms with van der Waals surface area (Å²) in [5.74, 6) is 0.347. The Balaban J connectivity index is 1.82. The Morgan fingerprint density at radius 3 is 2.25 bits per heavy atom. The number of alkyl halides is 3. The van der Waals surface area contributed by atoms with E-state index in [1.54, 1.807) is 37.4 Å². The molecule has 0 saturated carbocycles. The molecule has 0 fully saturated rings. The lowest BCUT2D eigenvalue weighted by Gasteiger charge is -2.13. The number of nitrogens with one attached hydrogen (secondary N) is 1. The molecule has 0 saturated heterocycles. The van der Waals surface area contributed by atoms with E-state index in [9.17, 15) is 18.0 Å². The Hall–Kier alpha value is -3.28. The molecule has 1 amide bonds. The van der Waals surface area contributed by atoms with Gasteiger partial charge in [0, 0.05) is 17.7 Å². The molecule has 3 rings (SSSR count). The molecule has 6 heteroatoms. The molecular weight excluding hydrogens is 367 g/mol. The summed E-state index contributed by atoms with van der Waals surface area (Å²) in [6.45, 7) is 0.268. The normalized spacial score (nSPS) is 11.1. The van der Waals surface area contributed by atoms with Crippen molar-refractivity contribution in [2.45, 2.75) is 12.7 Å². The van der Waals surface area contributed by atoms with Crippen LogP contribution in [0.2, 0.25) is 0 Å². The predicted molar refractivity (Wildman–Crippen MR) is 101 cm³/mol. The smallest absolute Gasteiger partial charge is 0.416 e. The molecule has 0 heterocycles. The average molecular weight is 385 g/mol. The fourth-order valence-corrected chi connectivity index (χ4v) is 2.89. The van der Waals surface area contributed by atoms with Gasteiger partial charge >= 0.3 is 6.18 Å². The van der Waals surface area contributed by atoms with Gasteiger partial charge in [0.15, 0.2) is 0 Å². The van der Waals surface area contributed by atoms with Crippen molar-refractivity contribution in [3.8, 4) is 16.9 Å². The van der Waals surface area contributed by atoms with Crippen LogP contribution in [0.25, 0.3) is 11.1 Å². The first kappa shape index (κ1) is 19.5. The van der Waals surface area contributed by atoms with Crippen molar-refractivity contribution in [1.82, 2.24) is 5.32 Å². The van der Waals surface area contributed by atoms with E-state index in [4.69, 9.17) is 4.74 Å². The predicted octanol–water partition coefficient (Wildman–Crippen LogP) is 5.31. The van der Waals surface area contributed by atoms with E-state index in [0.717, 1.165) is 17.7 Å². The number of carbonyl (C=O) groups is 1. The summed E-state index contributed by atoms with van der Waals surface area (Å²) in [4.78, 5) is 12.7. The molecule has 0 aliphatic rings. The highest BCUT2D eigenvalue weighted by atomic mass is 19.4. The van der Waals surface area contributed by atoms with E-state index in [0.29, 0.717) is 22.4 Å². The molecule has 28 heavy (non-hydrogen) atoms. The van der Waals surface area contributed by atoms with E-state index >= 15 is 0 Å². The lowest BCUT2D eigenvalue weighted by Crippen LogP contribution is -2.23. The highest BCUT2D eigenvalue weighted by molar-refractivity contribution is 6.00. The maximum absolute atomic E-state index is 12.8. The third-order valence-electron chi connectivity index (χ3n) is 4.33. The summed E-state index contributed by atoms with van der Waals surface area (Å²) in [5.41, 5.74) is 1.58. The van der Waals surface area contributed by atoms with Crippen molar-refractivity contribution in [3.05, 3.63) is 89.5 Å². The number of rotatable bonds is 5. The van der Waals surface area contributed by atoms with Gasteiger partial charge in [-0.15, -0.1) is 0 Å². The van der Waals surface area contributed by atoms with Gasteiger partial charge in [-0.25, -0.2) is 0 Å². The van der Waals surface area contributed by atoms with Crippen molar-refractivity contribution in [3.63, 3.8) is 0 Å². The Morgan fingerprint density at radius 2 is 1.57 bits per heavy atom. The number of methoxy groups -OCH3 is 1. The molecule has 0 unspecified atom stereocenters. The standard InChI is InChI=1S/C22H18F3NO2/c1-28-20-9-5-2-6-16(20)14-26-21(27)19-8-4-3-7-18(19)15-10-12-17(13-11-15)22(23,24)25/h2-13H,14H2,1H3,(H,26,27). The van der Waals surface area contributed by atoms with Gasteiger partial charge in [-0.1, -0.05) is 48.5 Å². The van der Waals surface area contributed by atoms with Crippen LogP contribution >= 0.6 is 0 Å². The van der Waals surface area contributed by atoms with Crippen molar-refractivity contribution >= 4 is 5.91 Å². The number of hydrogen-bond donors (Lipinski definition) is 1. The van der Waals surface area contributed by atoms with E-state index < -0.39 is 11.7 Å². The zero-order chi connectivity index (χ0) is 20.1. The number of hydrogen-bond acceptors (Lipinski definition) is 2. The maximum atomic E-state index is 12.8. The molecule has 0 aliphatic carbocycles. The fraction of sp³-hybridized carbons (Fsp3) is 0.136. The van der Waals surface area contributed by atoms with Crippen molar-refractivity contribution < 1.29 is 22.7 Å². The Morgan fingerprint density at radius 1 is 0.929 bits per heavy atom. The van der Waals surface area contributed by atoms with Gasteiger partial charge in [-0.2, -0.15) is 13.2 Å². The second kappa shape index (κ2) is 8.17. The second-order valence-corrected chi connectivity index (χ2v) is 6.12. The number of carbonyl (C=O) groups excluding carboxylic acids is 1. The largest absolute Gasteiger partial charge is 0.496 e. The number of amides is 1. The Labute approximate surface area is 160 Å². The van der Waals surface area contributed by atoms with Crippen LogP contribution in [-0.4, -0.2) is 13.0 Å². The van der Waals surface area contributed by atoms with Crippen LogP contribution < -0.4 is 10.1 Å². The summed E-state index contributed by atoms with van der Waals surface area (Å²) in [6, 6.07) is 18.9. The van der Waals surface area contributed by atoms with Crippen LogP contribution in [0.15, 0.2) is 72.8 Å². The van der Waals surface area contributed by atoms with E-state index in [2.05, 4.69) is 5.32 Å². The van der Waals surface area contributed by atoms with E-state index in [1.165, 1.54) is 12.1 Å². The zero-order valence-corrected chi connectivity index (χ0v) is 15.1. The number of halogens is 3. The van der Waals surface area contributed by atoms with E-state index in [-0.39, 0.29) is 12.5 Å². The quantitative estimate of drug-likeness (QED) is 0.646. The minimum atomic E-state index is -4.40. The fourth-order valence-electron chi connectivity index (χ4n) is 2.89. The van der Waals surface area contributed by atoms with Crippen LogP contribution in [-0.2, 0) is 12.7 Å². The molecule has 3 nitrogen and oxygen atoms in total. The average Bonchev–Trinajstić information content (AvgIpc) is 2.71. The molecule has 0 aromatic heterocycles. The van der Waals surface area contributed by atoms with Gasteiger partial charge in [0.2, 0.25) is 0 Å². The lowest BCUT2D eigenvalue weighted by molar-refractivity contribution is -0.137. The Kier molecular flexibility index (Phi) is 5.68. The highest BCUT2D eigenvalue weighted by Gasteiger charge is 2.30. The number of benzene rings is 3. The maximum Gasteiger partial charge on any atom is 0.416 e. The zero-order valence-electron chi connectivity index (χ0n) is 15.1. The molecule has 0 bridgehead atoms. The number of ether oxygens (including phenoxy) is 1. The van der Waals surface area contributed by atoms with Crippen molar-refractivity contribution in [1.29, 1.82) is 0 Å². The van der Waals surface area contributed by atoms with Crippen LogP contribution in [0.4, 0.5) is 13.2 Å². The highest BCUT2D eigenvalue weighted by Crippen LogP contribution is 2.32. The van der Waals surface area contributed by atoms with Gasteiger partial charge in [-0.3, -0.25) is 4.79 Å². The molecule has 144 valence electrons. The van der Waals surface area contributed by atoms with Gasteiger partial charge in [0.05, 0.1) is 12.7 Å². The summed E-state index contributed by atoms with van der Waals surface area (Å²) in [6.07, 6.45) is -4.40. The van der Waals surface area contributed by atoms with Crippen molar-refractivity contribution in [2.75, 3.05) is 7.11 Å². The lowest BCUT2D eigenvalue weighted by atomic mass is 9.98. The molecule has 3 aromatic rings. The first-order valence-electron chi connectivity index (χ1n) is 8.57. The monoisotopic (exact) mass is 385 g/mol. The SMILES string of the molecule is COc1ccccc1CNC(=O)c1ccccc1-c1ccc(C(F)(F)F)cc1. The van der Waals surface area contributed by atoms with E-state index in [1.807, 2.05) is 18.2 Å². The summed E-state index contributed by atoms with van der Waals surface area (Å²) >= 11 is 0. The van der Waals surface area contributed by atoms with Crippen LogP contribution in [0.5, 0.6) is 5.75 Å². The summed E-state index contributed by atoms with van der Waals surface area (Å²) in [5, 5.41) is 2.84. The van der Waals surface area contributed by atoms with Gasteiger partial charge < -0.3 is 10.1 Å². The number of para-hydroxylation sites is 1. The molecular formula is C22H18F3NO2. The molecule has 1 N–H and O–H groups in total. The molecule has 0 atom stereocenters. The molecule has 0 spiro atoms. The van der Waals surface area contributed by atoms with Crippen LogP contribution in [0, 0.1) is 0 Å². The summed E-state index contributed by atoms with van der Waals surface area (Å²) in [7, 11) is 1.56. The first-order valence-corrected chi connectivity index (χ1v) is 8.57. The van der Waals surface area contributed by atoms with Gasteiger partial charge in [0.25, 0.3) is 5.91 Å². The van der Waals surface area contributed by atoms with Crippen LogP contribution in [0.3, 0.4) is 0 Å². The van der Waals surface area contributed by atoms with Crippen LogP contribution in [0.1, 0.15) is 21.5 Å². The Bertz CT molecular complexity index is 966. The minimum Gasteiger partial charge on any atom is -0.496 e. The molecule has 3 aromatic carbocycles. The van der Waals surface area contributed by atoms with Crippen molar-refractivity contribution in [2.24, 2.45) is 0 Å². The second-order valence-electron chi connectivity index (χ2n) is 6.12. The first-order chi connectivity index (χ1) is 13.4. The van der Waals surface area contributed by atoms with Gasteiger partial charge in [0.1, 0.15) is 5.75 Å². The molecule has 0 radical (unpaired) electrons.